The van der Waals surface area contributed by atoms with Crippen molar-refractivity contribution in [2.75, 3.05) is 13.2 Å². The summed E-state index contributed by atoms with van der Waals surface area (Å²) in [5.41, 5.74) is -0.982. The molecule has 0 saturated heterocycles. The first-order valence-electron chi connectivity index (χ1n) is 7.88. The average molecular weight is 368 g/mol. The number of carbonyl (C=O) groups is 1. The van der Waals surface area contributed by atoms with E-state index in [4.69, 9.17) is 0 Å². The van der Waals surface area contributed by atoms with Crippen LogP contribution in [-0.4, -0.2) is 48.2 Å². The lowest BCUT2D eigenvalue weighted by Gasteiger charge is -2.60. The van der Waals surface area contributed by atoms with Gasteiger partial charge in [0.15, 0.2) is 16.7 Å². The topological polar surface area (TPSA) is 116 Å². The van der Waals surface area contributed by atoms with Gasteiger partial charge < -0.3 is 19.7 Å². The third kappa shape index (κ3) is 3.36. The Labute approximate surface area is 138 Å². The highest BCUT2D eigenvalue weighted by atomic mass is 32.2. The molecule has 4 saturated carbocycles. The molecule has 24 heavy (non-hydrogen) atoms. The van der Waals surface area contributed by atoms with E-state index in [1.165, 1.54) is 0 Å². The smallest absolute Gasteiger partial charge is 0.407 e. The third-order valence-corrected chi connectivity index (χ3v) is 6.35. The van der Waals surface area contributed by atoms with Crippen LogP contribution in [0.25, 0.3) is 0 Å². The molecule has 0 aliphatic heterocycles. The highest BCUT2D eigenvalue weighted by Gasteiger charge is 2.57. The van der Waals surface area contributed by atoms with E-state index in [2.05, 4.69) is 10.1 Å². The summed E-state index contributed by atoms with van der Waals surface area (Å²) in [5.74, 6) is 0.813. The Balaban J connectivity index is 1.54. The molecule has 2 N–H and O–H groups in total. The zero-order valence-corrected chi connectivity index (χ0v) is 13.8. The second kappa shape index (κ2) is 5.50. The van der Waals surface area contributed by atoms with Gasteiger partial charge in [0.2, 0.25) is 0 Å². The number of ether oxygens (including phenoxy) is 1. The van der Waals surface area contributed by atoms with Crippen molar-refractivity contribution in [3.05, 3.63) is 0 Å². The van der Waals surface area contributed by atoms with E-state index in [1.807, 2.05) is 0 Å². The fourth-order valence-electron chi connectivity index (χ4n) is 5.14. The lowest BCUT2D eigenvalue weighted by Crippen LogP contribution is -2.58. The number of carbonyl (C=O) groups excluding carboxylic acids is 1. The molecule has 7 nitrogen and oxygen atoms in total. The minimum atomic E-state index is -5.88. The average Bonchev–Trinajstić information content (AvgIpc) is 2.39. The molecule has 0 aromatic rings. The van der Waals surface area contributed by atoms with E-state index in [-0.39, 0.29) is 12.0 Å². The standard InChI is InChI=1S/C14H21F2NO6S/c15-14(16,24(20,21)22)8-23-11(18)17-7-12-2-9-1-10(3-12)5-13(19,4-9)6-12/h9-10,19H,1-8H2,(H,17,18)(H,20,21,22)/p-1. The quantitative estimate of drug-likeness (QED) is 0.704. The monoisotopic (exact) mass is 368 g/mol. The summed E-state index contributed by atoms with van der Waals surface area (Å²) >= 11 is 0. The molecular weight excluding hydrogens is 348 g/mol. The summed E-state index contributed by atoms with van der Waals surface area (Å²) in [5, 5.41) is 8.31. The van der Waals surface area contributed by atoms with Gasteiger partial charge in [-0.05, 0) is 55.8 Å². The Bertz CT molecular complexity index is 623. The van der Waals surface area contributed by atoms with Crippen LogP contribution in [0.4, 0.5) is 13.6 Å². The zero-order chi connectivity index (χ0) is 17.8. The van der Waals surface area contributed by atoms with Gasteiger partial charge in [0.1, 0.15) is 0 Å². The molecule has 0 aromatic carbocycles. The van der Waals surface area contributed by atoms with Crippen LogP contribution in [0.1, 0.15) is 38.5 Å². The van der Waals surface area contributed by atoms with Gasteiger partial charge in [0.05, 0.1) is 5.60 Å². The Morgan fingerprint density at radius 2 is 1.88 bits per heavy atom. The largest absolute Gasteiger partial charge is 0.743 e. The lowest BCUT2D eigenvalue weighted by molar-refractivity contribution is -0.161. The van der Waals surface area contributed by atoms with E-state index in [0.717, 1.165) is 32.1 Å². The number of rotatable bonds is 5. The number of aliphatic hydroxyl groups is 1. The van der Waals surface area contributed by atoms with Crippen LogP contribution >= 0.6 is 0 Å². The molecule has 4 aliphatic rings. The molecule has 0 aromatic heterocycles. The van der Waals surface area contributed by atoms with Gasteiger partial charge in [-0.1, -0.05) is 0 Å². The minimum absolute atomic E-state index is 0.177. The number of halogens is 2. The minimum Gasteiger partial charge on any atom is -0.743 e. The second-order valence-corrected chi connectivity index (χ2v) is 9.21. The van der Waals surface area contributed by atoms with Crippen molar-refractivity contribution in [3.63, 3.8) is 0 Å². The molecule has 4 fully saturated rings. The van der Waals surface area contributed by atoms with Crippen molar-refractivity contribution in [3.8, 4) is 0 Å². The van der Waals surface area contributed by atoms with Crippen LogP contribution in [-0.2, 0) is 14.9 Å². The summed E-state index contributed by atoms with van der Waals surface area (Å²) in [4.78, 5) is 11.6. The maximum atomic E-state index is 13.0. The molecule has 1 amide bonds. The fourth-order valence-corrected chi connectivity index (χ4v) is 5.34. The maximum Gasteiger partial charge on any atom is 0.407 e. The Morgan fingerprint density at radius 3 is 2.38 bits per heavy atom. The summed E-state index contributed by atoms with van der Waals surface area (Å²) in [7, 11) is -5.88. The van der Waals surface area contributed by atoms with E-state index in [0.29, 0.717) is 18.3 Å². The number of hydrogen-bond acceptors (Lipinski definition) is 6. The Morgan fingerprint density at radius 1 is 1.29 bits per heavy atom. The van der Waals surface area contributed by atoms with Gasteiger partial charge in [0.25, 0.3) is 0 Å². The van der Waals surface area contributed by atoms with E-state index in [9.17, 15) is 31.7 Å². The molecule has 2 unspecified atom stereocenters. The Kier molecular flexibility index (Phi) is 4.08. The van der Waals surface area contributed by atoms with Crippen LogP contribution < -0.4 is 5.32 Å². The molecule has 4 bridgehead atoms. The first-order chi connectivity index (χ1) is 10.9. The van der Waals surface area contributed by atoms with Crippen molar-refractivity contribution in [2.45, 2.75) is 49.4 Å². The van der Waals surface area contributed by atoms with Gasteiger partial charge in [-0.2, -0.15) is 8.78 Å². The van der Waals surface area contributed by atoms with Gasteiger partial charge in [-0.15, -0.1) is 0 Å². The molecule has 4 aliphatic carbocycles. The second-order valence-electron chi connectivity index (χ2n) is 7.71. The maximum absolute atomic E-state index is 13.0. The van der Waals surface area contributed by atoms with Crippen LogP contribution in [0, 0.1) is 17.3 Å². The van der Waals surface area contributed by atoms with Crippen molar-refractivity contribution in [1.29, 1.82) is 0 Å². The summed E-state index contributed by atoms with van der Waals surface area (Å²) in [6, 6.07) is 0. The van der Waals surface area contributed by atoms with Crippen LogP contribution in [0.15, 0.2) is 0 Å². The number of hydrogen-bond donors (Lipinski definition) is 2. The van der Waals surface area contributed by atoms with Crippen molar-refractivity contribution < 1.29 is 36.4 Å². The van der Waals surface area contributed by atoms with Crippen LogP contribution in [0.2, 0.25) is 0 Å². The number of alkyl carbamates (subject to hydrolysis) is 1. The van der Waals surface area contributed by atoms with E-state index >= 15 is 0 Å². The molecule has 2 atom stereocenters. The Hall–Kier alpha value is -1.00. The molecule has 4 rings (SSSR count). The van der Waals surface area contributed by atoms with Crippen LogP contribution in [0.5, 0.6) is 0 Å². The summed E-state index contributed by atoms with van der Waals surface area (Å²) in [6.07, 6.45) is 3.68. The third-order valence-electron chi connectivity index (χ3n) is 5.50. The van der Waals surface area contributed by atoms with Crippen molar-refractivity contribution in [1.82, 2.24) is 5.32 Å². The lowest BCUT2D eigenvalue weighted by atomic mass is 9.48. The number of amides is 1. The predicted octanol–water partition coefficient (Wildman–Crippen LogP) is 1.18. The molecule has 138 valence electrons. The zero-order valence-electron chi connectivity index (χ0n) is 13.0. The van der Waals surface area contributed by atoms with E-state index < -0.39 is 33.7 Å². The highest BCUT2D eigenvalue weighted by Crippen LogP contribution is 2.61. The van der Waals surface area contributed by atoms with Gasteiger partial charge in [-0.25, -0.2) is 13.2 Å². The van der Waals surface area contributed by atoms with Gasteiger partial charge >= 0.3 is 11.3 Å². The van der Waals surface area contributed by atoms with Crippen LogP contribution in [0.3, 0.4) is 0 Å². The fraction of sp³-hybridized carbons (Fsp3) is 0.929. The number of alkyl halides is 2. The molecule has 0 spiro atoms. The molecule has 0 radical (unpaired) electrons. The van der Waals surface area contributed by atoms with E-state index in [1.54, 1.807) is 0 Å². The first kappa shape index (κ1) is 17.8. The normalized spacial score (nSPS) is 38.2. The highest BCUT2D eigenvalue weighted by molar-refractivity contribution is 7.86. The molecular formula is C14H20F2NO6S-. The van der Waals surface area contributed by atoms with Crippen molar-refractivity contribution >= 4 is 16.2 Å². The summed E-state index contributed by atoms with van der Waals surface area (Å²) in [6.45, 7) is -1.64. The summed E-state index contributed by atoms with van der Waals surface area (Å²) < 4.78 is 61.1. The predicted molar refractivity (Wildman–Crippen MR) is 76.1 cm³/mol. The van der Waals surface area contributed by atoms with Gasteiger partial charge in [0, 0.05) is 6.54 Å². The molecule has 0 heterocycles. The molecule has 10 heteroatoms. The van der Waals surface area contributed by atoms with Crippen molar-refractivity contribution in [2.24, 2.45) is 17.3 Å². The number of nitrogens with one attached hydrogen (secondary N) is 1. The SMILES string of the molecule is O=C(NCC12CC3CC(CC(O)(C3)C1)C2)OCC(F)(F)S(=O)(=O)[O-]. The first-order valence-corrected chi connectivity index (χ1v) is 9.29. The van der Waals surface area contributed by atoms with Gasteiger partial charge in [-0.3, -0.25) is 0 Å².